The van der Waals surface area contributed by atoms with Crippen molar-refractivity contribution in [3.8, 4) is 5.75 Å². The number of ether oxygens (including phenoxy) is 2. The Morgan fingerprint density at radius 3 is 2.71 bits per heavy atom. The van der Waals surface area contributed by atoms with Crippen LogP contribution in [0.5, 0.6) is 5.75 Å². The zero-order valence-electron chi connectivity index (χ0n) is 16.6. The highest BCUT2D eigenvalue weighted by Crippen LogP contribution is 2.22. The third-order valence-corrected chi connectivity index (χ3v) is 5.30. The average molecular weight is 389 g/mol. The second kappa shape index (κ2) is 8.60. The lowest BCUT2D eigenvalue weighted by molar-refractivity contribution is -0.166. The predicted octanol–water partition coefficient (Wildman–Crippen LogP) is 0.290. The molecule has 1 aromatic rings. The number of hydrogen-bond acceptors (Lipinski definition) is 5. The Balaban J connectivity index is 1.67. The van der Waals surface area contributed by atoms with Crippen LogP contribution in [-0.2, 0) is 19.1 Å². The van der Waals surface area contributed by atoms with Crippen LogP contribution in [0.2, 0.25) is 0 Å². The van der Waals surface area contributed by atoms with Crippen LogP contribution < -0.4 is 4.74 Å². The monoisotopic (exact) mass is 389 g/mol. The number of benzene rings is 1. The largest absolute Gasteiger partial charge is 0.484 e. The van der Waals surface area contributed by atoms with E-state index in [1.165, 1.54) is 4.90 Å². The summed E-state index contributed by atoms with van der Waals surface area (Å²) in [6.45, 7) is 5.54. The minimum Gasteiger partial charge on any atom is -0.484 e. The van der Waals surface area contributed by atoms with Gasteiger partial charge in [-0.3, -0.25) is 14.4 Å². The maximum atomic E-state index is 12.8. The fourth-order valence-electron chi connectivity index (χ4n) is 3.67. The van der Waals surface area contributed by atoms with Crippen LogP contribution in [0.25, 0.3) is 0 Å². The predicted molar refractivity (Wildman–Crippen MR) is 102 cm³/mol. The molecule has 0 spiro atoms. The van der Waals surface area contributed by atoms with E-state index in [1.54, 1.807) is 29.9 Å². The summed E-state index contributed by atoms with van der Waals surface area (Å²) < 4.78 is 10.6. The number of rotatable bonds is 6. The highest BCUT2D eigenvalue weighted by Gasteiger charge is 2.46. The molecule has 2 saturated heterocycles. The van der Waals surface area contributed by atoms with Crippen molar-refractivity contribution in [1.82, 2.24) is 14.7 Å². The average Bonchev–Trinajstić information content (AvgIpc) is 2.68. The molecule has 2 atom stereocenters. The molecule has 1 aromatic carbocycles. The second-order valence-electron chi connectivity index (χ2n) is 7.19. The van der Waals surface area contributed by atoms with Gasteiger partial charge in [0.15, 0.2) is 6.61 Å². The van der Waals surface area contributed by atoms with E-state index in [0.29, 0.717) is 32.0 Å². The zero-order valence-corrected chi connectivity index (χ0v) is 16.6. The van der Waals surface area contributed by atoms with Gasteiger partial charge in [0, 0.05) is 26.7 Å². The molecular weight excluding hydrogens is 362 g/mol. The van der Waals surface area contributed by atoms with E-state index in [-0.39, 0.29) is 30.9 Å². The van der Waals surface area contributed by atoms with E-state index < -0.39 is 12.1 Å². The summed E-state index contributed by atoms with van der Waals surface area (Å²) in [5.74, 6) is -0.0323. The van der Waals surface area contributed by atoms with Crippen molar-refractivity contribution in [2.75, 3.05) is 46.5 Å². The number of fused-ring (bicyclic) bond motifs is 1. The number of hydrogen-bond donors (Lipinski definition) is 0. The first-order valence-electron chi connectivity index (χ1n) is 9.49. The number of piperazine rings is 2. The number of carbonyl (C=O) groups excluding carboxylic acids is 3. The summed E-state index contributed by atoms with van der Waals surface area (Å²) in [6.07, 6.45) is 0. The number of amides is 3. The van der Waals surface area contributed by atoms with Gasteiger partial charge < -0.3 is 24.2 Å². The lowest BCUT2D eigenvalue weighted by atomic mass is 10.0. The second-order valence-corrected chi connectivity index (χ2v) is 7.19. The minimum absolute atomic E-state index is 0.138. The molecule has 2 fully saturated rings. The highest BCUT2D eigenvalue weighted by atomic mass is 16.5. The molecule has 28 heavy (non-hydrogen) atoms. The van der Waals surface area contributed by atoms with Crippen LogP contribution >= 0.6 is 0 Å². The molecule has 0 N–H and O–H groups in total. The van der Waals surface area contributed by atoms with Crippen molar-refractivity contribution >= 4 is 17.7 Å². The van der Waals surface area contributed by atoms with E-state index in [4.69, 9.17) is 9.47 Å². The topological polar surface area (TPSA) is 79.4 Å². The van der Waals surface area contributed by atoms with Gasteiger partial charge in [-0.2, -0.15) is 0 Å². The van der Waals surface area contributed by atoms with Crippen molar-refractivity contribution in [1.29, 1.82) is 0 Å². The van der Waals surface area contributed by atoms with Gasteiger partial charge in [-0.05, 0) is 31.5 Å². The Bertz CT molecular complexity index is 753. The van der Waals surface area contributed by atoms with Crippen molar-refractivity contribution in [2.24, 2.45) is 0 Å². The Morgan fingerprint density at radius 2 is 2.00 bits per heavy atom. The first-order chi connectivity index (χ1) is 13.4. The minimum atomic E-state index is -0.641. The van der Waals surface area contributed by atoms with E-state index in [9.17, 15) is 14.4 Å². The molecule has 0 unspecified atom stereocenters. The Kier molecular flexibility index (Phi) is 6.18. The van der Waals surface area contributed by atoms with Gasteiger partial charge in [-0.15, -0.1) is 0 Å². The molecule has 0 aliphatic carbocycles. The van der Waals surface area contributed by atoms with Crippen LogP contribution in [0, 0.1) is 6.92 Å². The van der Waals surface area contributed by atoms with Crippen molar-refractivity contribution in [2.45, 2.75) is 25.9 Å². The van der Waals surface area contributed by atoms with Gasteiger partial charge in [0.1, 0.15) is 17.8 Å². The lowest BCUT2D eigenvalue weighted by Gasteiger charge is -2.48. The maximum Gasteiger partial charge on any atom is 0.261 e. The normalized spacial score (nSPS) is 22.3. The molecule has 0 bridgehead atoms. The molecule has 2 aliphatic heterocycles. The van der Waals surface area contributed by atoms with E-state index in [2.05, 4.69) is 0 Å². The van der Waals surface area contributed by atoms with Crippen molar-refractivity contribution < 1.29 is 23.9 Å². The van der Waals surface area contributed by atoms with Gasteiger partial charge in [-0.25, -0.2) is 0 Å². The van der Waals surface area contributed by atoms with Crippen LogP contribution in [0.4, 0.5) is 0 Å². The molecule has 0 radical (unpaired) electrons. The first kappa shape index (κ1) is 20.1. The summed E-state index contributed by atoms with van der Waals surface area (Å²) >= 11 is 0. The fraction of sp³-hybridized carbons (Fsp3) is 0.550. The quantitative estimate of drug-likeness (QED) is 0.699. The SMILES string of the molecule is COCCN1CCN2C(=O)[C@H](C)N(C(=O)COc3cccc(C)c3)C[C@H]2C1=O. The zero-order chi connectivity index (χ0) is 20.3. The van der Waals surface area contributed by atoms with E-state index in [1.807, 2.05) is 25.1 Å². The van der Waals surface area contributed by atoms with Crippen LogP contribution in [0.15, 0.2) is 24.3 Å². The van der Waals surface area contributed by atoms with Gasteiger partial charge >= 0.3 is 0 Å². The Morgan fingerprint density at radius 1 is 1.21 bits per heavy atom. The Hall–Kier alpha value is -2.61. The van der Waals surface area contributed by atoms with Crippen LogP contribution in [0.1, 0.15) is 12.5 Å². The third kappa shape index (κ3) is 4.11. The van der Waals surface area contributed by atoms with Gasteiger partial charge in [0.25, 0.3) is 5.91 Å². The highest BCUT2D eigenvalue weighted by molar-refractivity contribution is 5.95. The molecule has 0 saturated carbocycles. The lowest BCUT2D eigenvalue weighted by Crippen LogP contribution is -2.70. The maximum absolute atomic E-state index is 12.8. The van der Waals surface area contributed by atoms with Crippen LogP contribution in [0.3, 0.4) is 0 Å². The summed E-state index contributed by atoms with van der Waals surface area (Å²) in [4.78, 5) is 43.0. The van der Waals surface area contributed by atoms with Crippen molar-refractivity contribution in [3.63, 3.8) is 0 Å². The number of methoxy groups -OCH3 is 1. The molecule has 8 heteroatoms. The van der Waals surface area contributed by atoms with E-state index in [0.717, 1.165) is 5.56 Å². The molecule has 0 aromatic heterocycles. The molecule has 3 rings (SSSR count). The number of aryl methyl sites for hydroxylation is 1. The molecule has 2 heterocycles. The van der Waals surface area contributed by atoms with Gasteiger partial charge in [0.05, 0.1) is 13.2 Å². The third-order valence-electron chi connectivity index (χ3n) is 5.30. The molecule has 3 amide bonds. The van der Waals surface area contributed by atoms with Gasteiger partial charge in [0.2, 0.25) is 11.8 Å². The van der Waals surface area contributed by atoms with Crippen LogP contribution in [-0.4, -0.2) is 91.0 Å². The number of carbonyl (C=O) groups is 3. The summed E-state index contributed by atoms with van der Waals surface area (Å²) in [5, 5.41) is 0. The van der Waals surface area contributed by atoms with Gasteiger partial charge in [-0.1, -0.05) is 12.1 Å². The summed E-state index contributed by atoms with van der Waals surface area (Å²) in [5.41, 5.74) is 1.03. The molecule has 2 aliphatic rings. The fourth-order valence-corrected chi connectivity index (χ4v) is 3.67. The Labute approximate surface area is 165 Å². The smallest absolute Gasteiger partial charge is 0.261 e. The molecule has 8 nitrogen and oxygen atoms in total. The summed E-state index contributed by atoms with van der Waals surface area (Å²) in [6, 6.07) is 6.18. The molecular formula is C20H27N3O5. The standard InChI is InChI=1S/C20H27N3O5/c1-14-5-4-6-16(11-14)28-13-18(24)23-12-17-20(26)21(9-10-27-3)7-8-22(17)19(25)15(23)2/h4-6,11,15,17H,7-10,12-13H2,1-3H3/t15-,17-/m0/s1. The molecule has 152 valence electrons. The van der Waals surface area contributed by atoms with E-state index >= 15 is 0 Å². The first-order valence-corrected chi connectivity index (χ1v) is 9.49. The van der Waals surface area contributed by atoms with Crippen molar-refractivity contribution in [3.05, 3.63) is 29.8 Å². The summed E-state index contributed by atoms with van der Waals surface area (Å²) in [7, 11) is 1.58. The number of nitrogens with zero attached hydrogens (tertiary/aromatic N) is 3.